The van der Waals surface area contributed by atoms with Gasteiger partial charge in [0.05, 0.1) is 18.2 Å². The van der Waals surface area contributed by atoms with Crippen molar-refractivity contribution in [3.8, 4) is 16.9 Å². The lowest BCUT2D eigenvalue weighted by Gasteiger charge is -2.05. The van der Waals surface area contributed by atoms with E-state index in [0.717, 1.165) is 11.1 Å². The lowest BCUT2D eigenvalue weighted by atomic mass is 10.1. The zero-order valence-corrected chi connectivity index (χ0v) is 10.9. The number of benzene rings is 1. The second-order valence-corrected chi connectivity index (χ2v) is 5.93. The molecule has 0 saturated carbocycles. The lowest BCUT2D eigenvalue weighted by molar-refractivity contribution is 0.413. The number of sulfone groups is 1. The van der Waals surface area contributed by atoms with E-state index < -0.39 is 9.84 Å². The van der Waals surface area contributed by atoms with Crippen molar-refractivity contribution in [2.75, 3.05) is 13.4 Å². The van der Waals surface area contributed by atoms with E-state index in [0.29, 0.717) is 10.6 Å². The van der Waals surface area contributed by atoms with Crippen molar-refractivity contribution in [3.63, 3.8) is 0 Å². The summed E-state index contributed by atoms with van der Waals surface area (Å²) in [6, 6.07) is 8.54. The molecule has 0 aliphatic carbocycles. The Balaban J connectivity index is 2.40. The molecule has 2 rings (SSSR count). The smallest absolute Gasteiger partial charge is 0.175 e. The van der Waals surface area contributed by atoms with Crippen LogP contribution in [0.5, 0.6) is 5.75 Å². The van der Waals surface area contributed by atoms with Gasteiger partial charge in [-0.15, -0.1) is 0 Å². The predicted octanol–water partition coefficient (Wildman–Crippen LogP) is 2.16. The minimum Gasteiger partial charge on any atom is -0.495 e. The molecule has 18 heavy (non-hydrogen) atoms. The average molecular weight is 263 g/mol. The van der Waals surface area contributed by atoms with Crippen LogP contribution in [-0.4, -0.2) is 26.8 Å². The Hall–Kier alpha value is -1.88. The van der Waals surface area contributed by atoms with Gasteiger partial charge in [0.15, 0.2) is 9.84 Å². The van der Waals surface area contributed by atoms with Crippen LogP contribution < -0.4 is 4.74 Å². The molecule has 0 fully saturated rings. The van der Waals surface area contributed by atoms with Gasteiger partial charge in [-0.25, -0.2) is 8.42 Å². The molecule has 0 N–H and O–H groups in total. The van der Waals surface area contributed by atoms with Crippen LogP contribution in [0.4, 0.5) is 0 Å². The van der Waals surface area contributed by atoms with Crippen LogP contribution in [0.2, 0.25) is 0 Å². The standard InChI is InChI=1S/C13H13NO3S/c1-17-12-7-11(8-14-9-12)10-3-5-13(6-4-10)18(2,15)16/h3-9H,1-2H3. The molecule has 0 atom stereocenters. The molecule has 0 aliphatic heterocycles. The molecule has 0 amide bonds. The van der Waals surface area contributed by atoms with Crippen molar-refractivity contribution >= 4 is 9.84 Å². The summed E-state index contributed by atoms with van der Waals surface area (Å²) in [5.41, 5.74) is 1.78. The first kappa shape index (κ1) is 12.6. The molecule has 94 valence electrons. The van der Waals surface area contributed by atoms with Gasteiger partial charge >= 0.3 is 0 Å². The molecule has 1 aromatic carbocycles. The molecule has 0 bridgehead atoms. The van der Waals surface area contributed by atoms with Gasteiger partial charge in [-0.1, -0.05) is 12.1 Å². The van der Waals surface area contributed by atoms with Crippen LogP contribution in [0.25, 0.3) is 11.1 Å². The first-order valence-corrected chi connectivity index (χ1v) is 7.19. The fourth-order valence-corrected chi connectivity index (χ4v) is 2.21. The van der Waals surface area contributed by atoms with E-state index in [1.165, 1.54) is 6.26 Å². The number of rotatable bonds is 3. The third-order valence-corrected chi connectivity index (χ3v) is 3.69. The molecule has 1 heterocycles. The van der Waals surface area contributed by atoms with Gasteiger partial charge in [0.2, 0.25) is 0 Å². The van der Waals surface area contributed by atoms with Gasteiger partial charge in [-0.05, 0) is 23.8 Å². The number of ether oxygens (including phenoxy) is 1. The van der Waals surface area contributed by atoms with Crippen molar-refractivity contribution < 1.29 is 13.2 Å². The number of hydrogen-bond donors (Lipinski definition) is 0. The molecule has 0 spiro atoms. The Kier molecular flexibility index (Phi) is 3.34. The Morgan fingerprint density at radius 2 is 1.72 bits per heavy atom. The summed E-state index contributed by atoms with van der Waals surface area (Å²) in [7, 11) is -1.58. The third kappa shape index (κ3) is 2.68. The summed E-state index contributed by atoms with van der Waals surface area (Å²) in [4.78, 5) is 4.37. The number of pyridine rings is 1. The van der Waals surface area contributed by atoms with Gasteiger partial charge in [0.1, 0.15) is 5.75 Å². The van der Waals surface area contributed by atoms with Crippen LogP contribution in [0.1, 0.15) is 0 Å². The first-order valence-electron chi connectivity index (χ1n) is 5.30. The topological polar surface area (TPSA) is 56.3 Å². The number of hydrogen-bond acceptors (Lipinski definition) is 4. The summed E-state index contributed by atoms with van der Waals surface area (Å²) in [6.07, 6.45) is 4.52. The maximum atomic E-state index is 11.3. The third-order valence-electron chi connectivity index (χ3n) is 2.56. The Morgan fingerprint density at radius 3 is 2.28 bits per heavy atom. The molecule has 4 nitrogen and oxygen atoms in total. The van der Waals surface area contributed by atoms with E-state index in [2.05, 4.69) is 4.98 Å². The maximum absolute atomic E-state index is 11.3. The Morgan fingerprint density at radius 1 is 1.06 bits per heavy atom. The van der Waals surface area contributed by atoms with E-state index in [-0.39, 0.29) is 0 Å². The lowest BCUT2D eigenvalue weighted by Crippen LogP contribution is -1.96. The maximum Gasteiger partial charge on any atom is 0.175 e. The van der Waals surface area contributed by atoms with Gasteiger partial charge in [0, 0.05) is 18.0 Å². The van der Waals surface area contributed by atoms with Crippen LogP contribution in [0.3, 0.4) is 0 Å². The SMILES string of the molecule is COc1cncc(-c2ccc(S(C)(=O)=O)cc2)c1. The first-order chi connectivity index (χ1) is 8.50. The fourth-order valence-electron chi connectivity index (χ4n) is 1.58. The molecule has 2 aromatic rings. The molecule has 0 aliphatic rings. The second kappa shape index (κ2) is 4.78. The van der Waals surface area contributed by atoms with Crippen molar-refractivity contribution in [2.45, 2.75) is 4.90 Å². The largest absolute Gasteiger partial charge is 0.495 e. The van der Waals surface area contributed by atoms with Crippen LogP contribution in [-0.2, 0) is 9.84 Å². The molecule has 5 heteroatoms. The summed E-state index contributed by atoms with van der Waals surface area (Å²) in [5.74, 6) is 0.666. The average Bonchev–Trinajstić information content (AvgIpc) is 2.38. The predicted molar refractivity (Wildman–Crippen MR) is 69.3 cm³/mol. The van der Waals surface area contributed by atoms with Gasteiger partial charge < -0.3 is 4.74 Å². The Labute approximate surface area is 106 Å². The normalized spacial score (nSPS) is 11.2. The van der Waals surface area contributed by atoms with E-state index in [1.807, 2.05) is 6.07 Å². The van der Waals surface area contributed by atoms with Gasteiger partial charge in [-0.2, -0.15) is 0 Å². The second-order valence-electron chi connectivity index (χ2n) is 3.91. The molecule has 0 unspecified atom stereocenters. The van der Waals surface area contributed by atoms with Crippen LogP contribution in [0.15, 0.2) is 47.6 Å². The summed E-state index contributed by atoms with van der Waals surface area (Å²) >= 11 is 0. The van der Waals surface area contributed by atoms with E-state index in [9.17, 15) is 8.42 Å². The minimum atomic E-state index is -3.15. The Bertz CT molecular complexity index is 648. The van der Waals surface area contributed by atoms with Crippen molar-refractivity contribution in [2.24, 2.45) is 0 Å². The quantitative estimate of drug-likeness (QED) is 0.851. The van der Waals surface area contributed by atoms with E-state index >= 15 is 0 Å². The van der Waals surface area contributed by atoms with E-state index in [4.69, 9.17) is 4.74 Å². The van der Waals surface area contributed by atoms with Crippen molar-refractivity contribution in [1.29, 1.82) is 0 Å². The van der Waals surface area contributed by atoms with Gasteiger partial charge in [0.25, 0.3) is 0 Å². The highest BCUT2D eigenvalue weighted by Crippen LogP contribution is 2.23. The summed E-state index contributed by atoms with van der Waals surface area (Å²) < 4.78 is 27.8. The zero-order valence-electron chi connectivity index (χ0n) is 10.1. The van der Waals surface area contributed by atoms with Gasteiger partial charge in [-0.3, -0.25) is 4.98 Å². The number of nitrogens with zero attached hydrogens (tertiary/aromatic N) is 1. The minimum absolute atomic E-state index is 0.308. The van der Waals surface area contributed by atoms with Crippen LogP contribution >= 0.6 is 0 Å². The van der Waals surface area contributed by atoms with Crippen molar-refractivity contribution in [1.82, 2.24) is 4.98 Å². The summed E-state index contributed by atoms with van der Waals surface area (Å²) in [6.45, 7) is 0. The molecular formula is C13H13NO3S. The zero-order chi connectivity index (χ0) is 13.2. The summed E-state index contributed by atoms with van der Waals surface area (Å²) in [5, 5.41) is 0. The number of methoxy groups -OCH3 is 1. The van der Waals surface area contributed by atoms with Crippen LogP contribution in [0, 0.1) is 0 Å². The van der Waals surface area contributed by atoms with Crippen molar-refractivity contribution in [3.05, 3.63) is 42.7 Å². The number of aromatic nitrogens is 1. The fraction of sp³-hybridized carbons (Fsp3) is 0.154. The molecular weight excluding hydrogens is 250 g/mol. The monoisotopic (exact) mass is 263 g/mol. The van der Waals surface area contributed by atoms with E-state index in [1.54, 1.807) is 43.8 Å². The molecule has 0 saturated heterocycles. The highest BCUT2D eigenvalue weighted by Gasteiger charge is 2.07. The molecule has 0 radical (unpaired) electrons. The molecule has 1 aromatic heterocycles. The highest BCUT2D eigenvalue weighted by atomic mass is 32.2. The highest BCUT2D eigenvalue weighted by molar-refractivity contribution is 7.90.